The lowest BCUT2D eigenvalue weighted by Crippen LogP contribution is -2.64. The number of rotatable bonds is 3. The molecule has 3 fully saturated rings. The van der Waals surface area contributed by atoms with E-state index in [9.17, 15) is 13.2 Å². The number of aromatic nitrogens is 1. The highest BCUT2D eigenvalue weighted by Gasteiger charge is 2.47. The summed E-state index contributed by atoms with van der Waals surface area (Å²) >= 11 is 0. The first-order valence-corrected chi connectivity index (χ1v) is 12.2. The van der Waals surface area contributed by atoms with Gasteiger partial charge in [0.1, 0.15) is 17.5 Å². The second-order valence-corrected chi connectivity index (χ2v) is 11.5. The van der Waals surface area contributed by atoms with Crippen molar-refractivity contribution in [1.29, 1.82) is 0 Å². The molecule has 0 unspecified atom stereocenters. The number of sulfonamides is 1. The molecule has 0 N–H and O–H groups in total. The van der Waals surface area contributed by atoms with E-state index in [4.69, 9.17) is 9.15 Å². The van der Waals surface area contributed by atoms with Crippen LogP contribution in [0.15, 0.2) is 29.0 Å². The van der Waals surface area contributed by atoms with Crippen molar-refractivity contribution in [2.24, 2.45) is 0 Å². The Labute approximate surface area is 182 Å². The highest BCUT2D eigenvalue weighted by molar-refractivity contribution is 7.89. The van der Waals surface area contributed by atoms with Crippen LogP contribution in [0.5, 0.6) is 0 Å². The van der Waals surface area contributed by atoms with Gasteiger partial charge >= 0.3 is 6.03 Å². The van der Waals surface area contributed by atoms with Gasteiger partial charge in [0.15, 0.2) is 5.58 Å². The largest absolute Gasteiger partial charge is 0.462 e. The molecule has 2 aromatic heterocycles. The van der Waals surface area contributed by atoms with Crippen LogP contribution in [-0.4, -0.2) is 83.8 Å². The fraction of sp³-hybridized carbons (Fsp3) is 0.619. The van der Waals surface area contributed by atoms with E-state index in [-0.39, 0.29) is 37.3 Å². The van der Waals surface area contributed by atoms with Gasteiger partial charge < -0.3 is 14.1 Å². The molecule has 9 nitrogen and oxygen atoms in total. The monoisotopic (exact) mass is 448 g/mol. The highest BCUT2D eigenvalue weighted by Crippen LogP contribution is 2.35. The number of hydrogen-bond acceptors (Lipinski definition) is 6. The van der Waals surface area contributed by atoms with Gasteiger partial charge in [-0.05, 0) is 44.7 Å². The smallest absolute Gasteiger partial charge is 0.322 e. The number of hydrogen-bond donors (Lipinski definition) is 0. The standard InChI is InChI=1S/C21H28N4O5S/c1-21(2)13-29-14-25(21)20(26)23-10-16(11-23)31(27,28)24-8-5-15(6-9-24)17-12-30-18-4-3-7-22-19(17)18/h3-4,7,12,15-16H,5-6,8-11,13-14H2,1-2H3. The number of urea groups is 1. The van der Waals surface area contributed by atoms with Crippen LogP contribution in [0.4, 0.5) is 4.79 Å². The second kappa shape index (κ2) is 7.46. The lowest BCUT2D eigenvalue weighted by Gasteiger charge is -2.44. The predicted molar refractivity (Wildman–Crippen MR) is 114 cm³/mol. The van der Waals surface area contributed by atoms with Crippen molar-refractivity contribution in [2.75, 3.05) is 39.5 Å². The molecule has 5 rings (SSSR count). The molecule has 5 heterocycles. The van der Waals surface area contributed by atoms with E-state index in [1.807, 2.05) is 26.0 Å². The van der Waals surface area contributed by atoms with E-state index in [1.165, 1.54) is 0 Å². The summed E-state index contributed by atoms with van der Waals surface area (Å²) in [6.07, 6.45) is 4.98. The number of likely N-dealkylation sites (tertiary alicyclic amines) is 1. The van der Waals surface area contributed by atoms with Gasteiger partial charge in [0.25, 0.3) is 0 Å². The molecule has 31 heavy (non-hydrogen) atoms. The minimum Gasteiger partial charge on any atom is -0.462 e. The second-order valence-electron chi connectivity index (χ2n) is 9.29. The van der Waals surface area contributed by atoms with Gasteiger partial charge in [0.2, 0.25) is 10.0 Å². The summed E-state index contributed by atoms with van der Waals surface area (Å²) in [5.41, 5.74) is 2.32. The van der Waals surface area contributed by atoms with Crippen molar-refractivity contribution in [3.63, 3.8) is 0 Å². The Morgan fingerprint density at radius 2 is 1.97 bits per heavy atom. The molecule has 168 valence electrons. The molecule has 0 atom stereocenters. The lowest BCUT2D eigenvalue weighted by molar-refractivity contribution is 0.0930. The number of amides is 2. The molecule has 0 bridgehead atoms. The zero-order valence-electron chi connectivity index (χ0n) is 17.9. The van der Waals surface area contributed by atoms with E-state index in [2.05, 4.69) is 4.98 Å². The van der Waals surface area contributed by atoms with E-state index in [1.54, 1.807) is 26.6 Å². The lowest BCUT2D eigenvalue weighted by atomic mass is 9.91. The van der Waals surface area contributed by atoms with Gasteiger partial charge in [-0.3, -0.25) is 9.88 Å². The Morgan fingerprint density at radius 3 is 2.65 bits per heavy atom. The van der Waals surface area contributed by atoms with E-state index < -0.39 is 15.3 Å². The molecule has 3 saturated heterocycles. The summed E-state index contributed by atoms with van der Waals surface area (Å²) in [6, 6.07) is 3.59. The molecule has 0 saturated carbocycles. The normalized spacial score (nSPS) is 23.4. The van der Waals surface area contributed by atoms with Crippen molar-refractivity contribution >= 4 is 27.2 Å². The van der Waals surface area contributed by atoms with Gasteiger partial charge in [-0.25, -0.2) is 17.5 Å². The molecule has 3 aliphatic rings. The first-order chi connectivity index (χ1) is 14.8. The maximum atomic E-state index is 13.1. The maximum Gasteiger partial charge on any atom is 0.322 e. The van der Waals surface area contributed by atoms with Crippen molar-refractivity contribution in [1.82, 2.24) is 19.1 Å². The zero-order valence-corrected chi connectivity index (χ0v) is 18.7. The summed E-state index contributed by atoms with van der Waals surface area (Å²) in [4.78, 5) is 20.4. The van der Waals surface area contributed by atoms with Crippen molar-refractivity contribution in [3.8, 4) is 0 Å². The van der Waals surface area contributed by atoms with Crippen LogP contribution in [0.25, 0.3) is 11.1 Å². The summed E-state index contributed by atoms with van der Waals surface area (Å²) in [7, 11) is -3.43. The third-order valence-corrected chi connectivity index (χ3v) is 9.01. The van der Waals surface area contributed by atoms with Gasteiger partial charge in [-0.15, -0.1) is 0 Å². The number of pyridine rings is 1. The zero-order chi connectivity index (χ0) is 21.8. The molecule has 0 aromatic carbocycles. The van der Waals surface area contributed by atoms with E-state index in [0.717, 1.165) is 29.5 Å². The molecular weight excluding hydrogens is 420 g/mol. The summed E-state index contributed by atoms with van der Waals surface area (Å²) in [5, 5.41) is -0.531. The maximum absolute atomic E-state index is 13.1. The topological polar surface area (TPSA) is 96.2 Å². The molecule has 10 heteroatoms. The summed E-state index contributed by atoms with van der Waals surface area (Å²) in [6.45, 7) is 6.08. The van der Waals surface area contributed by atoms with Crippen molar-refractivity contribution in [2.45, 2.75) is 43.4 Å². The average molecular weight is 449 g/mol. The van der Waals surface area contributed by atoms with Crippen LogP contribution in [-0.2, 0) is 14.8 Å². The van der Waals surface area contributed by atoms with Crippen LogP contribution in [0, 0.1) is 0 Å². The molecular formula is C21H28N4O5S. The molecule has 2 amide bonds. The quantitative estimate of drug-likeness (QED) is 0.714. The Morgan fingerprint density at radius 1 is 1.23 bits per heavy atom. The molecule has 2 aromatic rings. The SMILES string of the molecule is CC1(C)COCN1C(=O)N1CC(S(=O)(=O)N2CCC(c3coc4cccnc34)CC2)C1. The Kier molecular flexibility index (Phi) is 4.98. The Hall–Kier alpha value is -2.17. The van der Waals surface area contributed by atoms with Crippen LogP contribution in [0.2, 0.25) is 0 Å². The highest BCUT2D eigenvalue weighted by atomic mass is 32.2. The first kappa shape index (κ1) is 20.7. The first-order valence-electron chi connectivity index (χ1n) is 10.7. The molecule has 3 aliphatic heterocycles. The summed E-state index contributed by atoms with van der Waals surface area (Å²) < 4.78 is 38.8. The number of carbonyl (C=O) groups is 1. The number of nitrogens with zero attached hydrogens (tertiary/aromatic N) is 4. The van der Waals surface area contributed by atoms with Crippen LogP contribution >= 0.6 is 0 Å². The minimum absolute atomic E-state index is 0.146. The van der Waals surface area contributed by atoms with Crippen molar-refractivity contribution in [3.05, 3.63) is 30.2 Å². The number of ether oxygens (including phenoxy) is 1. The number of fused-ring (bicyclic) bond motifs is 1. The number of piperidine rings is 1. The number of carbonyl (C=O) groups excluding carboxylic acids is 1. The molecule has 0 aliphatic carbocycles. The Balaban J connectivity index is 1.19. The van der Waals surface area contributed by atoms with Gasteiger partial charge in [-0.2, -0.15) is 0 Å². The predicted octanol–water partition coefficient (Wildman–Crippen LogP) is 2.21. The summed E-state index contributed by atoms with van der Waals surface area (Å²) in [5.74, 6) is 0.236. The van der Waals surface area contributed by atoms with Gasteiger partial charge in [0.05, 0.1) is 18.4 Å². The molecule has 0 radical (unpaired) electrons. The average Bonchev–Trinajstić information content (AvgIpc) is 3.29. The van der Waals surface area contributed by atoms with E-state index >= 15 is 0 Å². The fourth-order valence-electron chi connectivity index (χ4n) is 4.71. The van der Waals surface area contributed by atoms with Crippen LogP contribution in [0.3, 0.4) is 0 Å². The molecule has 0 spiro atoms. The van der Waals surface area contributed by atoms with Gasteiger partial charge in [-0.1, -0.05) is 0 Å². The van der Waals surface area contributed by atoms with Crippen LogP contribution in [0.1, 0.15) is 38.2 Å². The number of furan rings is 1. The Bertz CT molecular complexity index is 1080. The van der Waals surface area contributed by atoms with Crippen molar-refractivity contribution < 1.29 is 22.4 Å². The third-order valence-electron chi connectivity index (χ3n) is 6.79. The third kappa shape index (κ3) is 3.50. The van der Waals surface area contributed by atoms with E-state index in [0.29, 0.717) is 19.7 Å². The fourth-order valence-corrected chi connectivity index (χ4v) is 6.59. The minimum atomic E-state index is -3.43. The van der Waals surface area contributed by atoms with Crippen LogP contribution < -0.4 is 0 Å². The van der Waals surface area contributed by atoms with Gasteiger partial charge in [0, 0.05) is 37.9 Å².